The van der Waals surface area contributed by atoms with Gasteiger partial charge < -0.3 is 64.5 Å². The van der Waals surface area contributed by atoms with Crippen LogP contribution in [0.1, 0.15) is 169 Å². The van der Waals surface area contributed by atoms with Crippen molar-refractivity contribution in [3.8, 4) is 0 Å². The van der Waals surface area contributed by atoms with Crippen molar-refractivity contribution in [3.63, 3.8) is 0 Å². The number of aliphatic hydroxyl groups is 8. The zero-order chi connectivity index (χ0) is 43.7. The van der Waals surface area contributed by atoms with Crippen LogP contribution in [0, 0.1) is 11.8 Å². The summed E-state index contributed by atoms with van der Waals surface area (Å²) in [5.74, 6) is -2.97. The van der Waals surface area contributed by atoms with Crippen molar-refractivity contribution < 1.29 is 74.1 Å². The van der Waals surface area contributed by atoms with Crippen LogP contribution in [0.25, 0.3) is 0 Å². The third-order valence-corrected chi connectivity index (χ3v) is 11.9. The van der Waals surface area contributed by atoms with E-state index >= 15 is 0 Å². The molecular formula is C44H82O15. The number of rotatable bonds is 32. The molecule has 0 radical (unpaired) electrons. The van der Waals surface area contributed by atoms with Gasteiger partial charge in [0.15, 0.2) is 12.6 Å². The molecule has 0 unspecified atom stereocenters. The first-order valence-corrected chi connectivity index (χ1v) is 23.1. The van der Waals surface area contributed by atoms with Crippen molar-refractivity contribution >= 4 is 11.9 Å². The molecule has 0 saturated carbocycles. The van der Waals surface area contributed by atoms with Gasteiger partial charge in [-0.15, -0.1) is 0 Å². The van der Waals surface area contributed by atoms with Gasteiger partial charge in [0.2, 0.25) is 0 Å². The molecular weight excluding hydrogens is 768 g/mol. The summed E-state index contributed by atoms with van der Waals surface area (Å²) >= 11 is 0. The lowest BCUT2D eigenvalue weighted by atomic mass is 9.91. The molecule has 8 N–H and O–H groups in total. The molecule has 14 atom stereocenters. The van der Waals surface area contributed by atoms with E-state index in [0.29, 0.717) is 25.7 Å². The van der Waals surface area contributed by atoms with Crippen LogP contribution >= 0.6 is 0 Å². The van der Waals surface area contributed by atoms with Gasteiger partial charge in [-0.1, -0.05) is 143 Å². The molecule has 0 spiro atoms. The Morgan fingerprint density at radius 3 is 1.08 bits per heavy atom. The monoisotopic (exact) mass is 851 g/mol. The van der Waals surface area contributed by atoms with Gasteiger partial charge in [-0.25, -0.2) is 0 Å². The Morgan fingerprint density at radius 2 is 0.746 bits per heavy atom. The second kappa shape index (κ2) is 30.5. The van der Waals surface area contributed by atoms with Crippen LogP contribution in [0.15, 0.2) is 0 Å². The summed E-state index contributed by atoms with van der Waals surface area (Å²) < 4.78 is 28.2. The highest BCUT2D eigenvalue weighted by Crippen LogP contribution is 2.30. The lowest BCUT2D eigenvalue weighted by Gasteiger charge is -2.44. The predicted octanol–water partition coefficient (Wildman–Crippen LogP) is 4.32. The van der Waals surface area contributed by atoms with Gasteiger partial charge in [0, 0.05) is 0 Å². The number of carbonyl (C=O) groups excluding carboxylic acids is 2. The van der Waals surface area contributed by atoms with Crippen LogP contribution < -0.4 is 0 Å². The van der Waals surface area contributed by atoms with E-state index in [1.807, 2.05) is 0 Å². The SMILES string of the molecule is CCCCCCC[C@H](O)[C@H](CCCCCC)C(=O)OC[C@H]1O[C@H](O[C@H]2O[C@H](COC(=O)[C@@H](CCCCCC)[C@@H](O)CCCCCCC)[C@@H](O)[C@H](O)[C@H]2O)[C@H](O)[C@@H](O)[C@@H]1O. The number of esters is 2. The Bertz CT molecular complexity index is 1020. The van der Waals surface area contributed by atoms with E-state index in [-0.39, 0.29) is 0 Å². The summed E-state index contributed by atoms with van der Waals surface area (Å²) in [6, 6.07) is 0. The van der Waals surface area contributed by atoms with E-state index in [0.717, 1.165) is 116 Å². The third kappa shape index (κ3) is 18.8. The molecule has 0 amide bonds. The van der Waals surface area contributed by atoms with E-state index in [1.54, 1.807) is 0 Å². The van der Waals surface area contributed by atoms with Crippen molar-refractivity contribution in [1.82, 2.24) is 0 Å². The van der Waals surface area contributed by atoms with Crippen LogP contribution in [0.5, 0.6) is 0 Å². The first kappa shape index (κ1) is 53.6. The van der Waals surface area contributed by atoms with Gasteiger partial charge in [0.1, 0.15) is 62.0 Å². The van der Waals surface area contributed by atoms with Gasteiger partial charge in [0.25, 0.3) is 0 Å². The molecule has 0 aliphatic carbocycles. The topological polar surface area (TPSA) is 242 Å². The van der Waals surface area contributed by atoms with Crippen molar-refractivity contribution in [2.75, 3.05) is 13.2 Å². The van der Waals surface area contributed by atoms with Gasteiger partial charge in [-0.05, 0) is 25.7 Å². The van der Waals surface area contributed by atoms with Gasteiger partial charge >= 0.3 is 11.9 Å². The Labute approximate surface area is 353 Å². The van der Waals surface area contributed by atoms with E-state index < -0.39 is 111 Å². The Morgan fingerprint density at radius 1 is 0.441 bits per heavy atom. The molecule has 2 rings (SSSR count). The summed E-state index contributed by atoms with van der Waals surface area (Å²) in [6.45, 7) is 7.27. The van der Waals surface area contributed by atoms with E-state index in [9.17, 15) is 50.4 Å². The van der Waals surface area contributed by atoms with Gasteiger partial charge in [-0.3, -0.25) is 9.59 Å². The Balaban J connectivity index is 2.08. The van der Waals surface area contributed by atoms with Gasteiger partial charge in [-0.2, -0.15) is 0 Å². The normalized spacial score (nSPS) is 29.4. The van der Waals surface area contributed by atoms with Crippen LogP contribution in [0.3, 0.4) is 0 Å². The van der Waals surface area contributed by atoms with Crippen molar-refractivity contribution in [2.45, 2.75) is 243 Å². The third-order valence-electron chi connectivity index (χ3n) is 11.9. The van der Waals surface area contributed by atoms with Crippen molar-refractivity contribution in [1.29, 1.82) is 0 Å². The van der Waals surface area contributed by atoms with E-state index in [1.165, 1.54) is 0 Å². The van der Waals surface area contributed by atoms with Crippen LogP contribution in [-0.2, 0) is 33.3 Å². The number of hydrogen-bond donors (Lipinski definition) is 8. The molecule has 15 nitrogen and oxygen atoms in total. The smallest absolute Gasteiger partial charge is 0.311 e. The van der Waals surface area contributed by atoms with E-state index in [2.05, 4.69) is 27.7 Å². The standard InChI is InChI=1S/C44H82O15/c1-5-9-13-17-21-25-31(45)29(23-19-15-11-7-3)41(53)55-27-33-35(47)37(49)39(51)43(57-33)59-44-40(52)38(50)36(48)34(58-44)28-56-42(54)30(24-20-16-12-8-4)32(46)26-22-18-14-10-6-2/h29-40,43-52H,5-28H2,1-4H3/t29-,30-,31-,32-,33+,34+,35+,36+,37-,38-,39+,40+,43+,44+/m0/s1. The summed E-state index contributed by atoms with van der Waals surface area (Å²) in [5, 5.41) is 86.6. The summed E-state index contributed by atoms with van der Waals surface area (Å²) in [4.78, 5) is 26.7. The van der Waals surface area contributed by atoms with E-state index in [4.69, 9.17) is 23.7 Å². The molecule has 15 heteroatoms. The van der Waals surface area contributed by atoms with Crippen molar-refractivity contribution in [3.05, 3.63) is 0 Å². The maximum atomic E-state index is 13.4. The molecule has 59 heavy (non-hydrogen) atoms. The van der Waals surface area contributed by atoms with Crippen LogP contribution in [0.2, 0.25) is 0 Å². The molecule has 2 aliphatic heterocycles. The second-order valence-electron chi connectivity index (χ2n) is 16.9. The molecule has 0 bridgehead atoms. The summed E-state index contributed by atoms with van der Waals surface area (Å²) in [5.41, 5.74) is 0. The fourth-order valence-electron chi connectivity index (χ4n) is 7.84. The summed E-state index contributed by atoms with van der Waals surface area (Å²) in [7, 11) is 0. The lowest BCUT2D eigenvalue weighted by Crippen LogP contribution is -2.64. The number of unbranched alkanes of at least 4 members (excludes halogenated alkanes) is 14. The molecule has 2 saturated heterocycles. The fourth-order valence-corrected chi connectivity index (χ4v) is 7.84. The quantitative estimate of drug-likeness (QED) is 0.0347. The molecule has 2 aliphatic rings. The molecule has 348 valence electrons. The lowest BCUT2D eigenvalue weighted by molar-refractivity contribution is -0.376. The largest absolute Gasteiger partial charge is 0.463 e. The van der Waals surface area contributed by atoms with Crippen LogP contribution in [0.4, 0.5) is 0 Å². The highest BCUT2D eigenvalue weighted by atomic mass is 16.8. The fraction of sp³-hybridized carbons (Fsp3) is 0.955. The average molecular weight is 851 g/mol. The van der Waals surface area contributed by atoms with Crippen LogP contribution in [-0.4, -0.2) is 140 Å². The summed E-state index contributed by atoms with van der Waals surface area (Å²) in [6.07, 6.45) is -0.345. The average Bonchev–Trinajstić information content (AvgIpc) is 3.22. The maximum absolute atomic E-state index is 13.4. The Kier molecular flexibility index (Phi) is 27.8. The minimum atomic E-state index is -1.88. The second-order valence-corrected chi connectivity index (χ2v) is 16.9. The highest BCUT2D eigenvalue weighted by Gasteiger charge is 2.50. The first-order chi connectivity index (χ1) is 28.3. The number of aliphatic hydroxyl groups excluding tert-OH is 8. The minimum Gasteiger partial charge on any atom is -0.463 e. The molecule has 0 aromatic carbocycles. The molecule has 0 aromatic heterocycles. The molecule has 0 aromatic rings. The van der Waals surface area contributed by atoms with Gasteiger partial charge in [0.05, 0.1) is 24.0 Å². The highest BCUT2D eigenvalue weighted by molar-refractivity contribution is 5.73. The first-order valence-electron chi connectivity index (χ1n) is 23.1. The Hall–Kier alpha value is -1.50. The minimum absolute atomic E-state index is 0.414. The molecule has 2 fully saturated rings. The zero-order valence-corrected chi connectivity index (χ0v) is 36.5. The number of carbonyl (C=O) groups is 2. The predicted molar refractivity (Wildman–Crippen MR) is 220 cm³/mol. The zero-order valence-electron chi connectivity index (χ0n) is 36.5. The number of ether oxygens (including phenoxy) is 5. The number of hydrogen-bond acceptors (Lipinski definition) is 15. The van der Waals surface area contributed by atoms with Crippen molar-refractivity contribution in [2.24, 2.45) is 11.8 Å². The maximum Gasteiger partial charge on any atom is 0.311 e. The molecule has 2 heterocycles.